The van der Waals surface area contributed by atoms with Crippen molar-refractivity contribution in [1.82, 2.24) is 5.06 Å². The van der Waals surface area contributed by atoms with Crippen LogP contribution in [-0.2, 0) is 14.1 Å². The van der Waals surface area contributed by atoms with Crippen LogP contribution in [0.3, 0.4) is 0 Å². The summed E-state index contributed by atoms with van der Waals surface area (Å²) in [7, 11) is 1.16. The quantitative estimate of drug-likeness (QED) is 0.170. The maximum Gasteiger partial charge on any atom is 0.269 e. The van der Waals surface area contributed by atoms with E-state index in [0.717, 1.165) is 6.42 Å². The number of hydrogen-bond acceptors (Lipinski definition) is 3. The normalized spacial score (nSPS) is 16.9. The highest BCUT2D eigenvalue weighted by Gasteiger charge is 2.40. The standard InChI is InChI=1S/C24H43NO3Si/c1-11-12-13-14-17-20(2)23(28-29(9,10)24(4,5)6)21(3)18-15-16-19-22(26)25(7)27-8/h11-16,18-21,23H,17H2,1-10H3/b12-11+,14-13+,18-15+,19-16+. The Morgan fingerprint density at radius 2 is 1.72 bits per heavy atom. The Hall–Kier alpha value is -1.43. The Bertz CT molecular complexity index is 600. The first-order chi connectivity index (χ1) is 13.4. The summed E-state index contributed by atoms with van der Waals surface area (Å²) in [6, 6.07) is 0. The second-order valence-electron chi connectivity index (χ2n) is 9.13. The first kappa shape index (κ1) is 27.6. The van der Waals surface area contributed by atoms with E-state index in [4.69, 9.17) is 9.26 Å². The molecule has 0 aromatic heterocycles. The van der Waals surface area contributed by atoms with Gasteiger partial charge in [0.1, 0.15) is 0 Å². The first-order valence-corrected chi connectivity index (χ1v) is 13.4. The van der Waals surface area contributed by atoms with Gasteiger partial charge in [-0.25, -0.2) is 5.06 Å². The number of amides is 1. The second-order valence-corrected chi connectivity index (χ2v) is 13.9. The maximum atomic E-state index is 11.8. The summed E-state index contributed by atoms with van der Waals surface area (Å²) < 4.78 is 6.83. The molecule has 0 N–H and O–H groups in total. The smallest absolute Gasteiger partial charge is 0.269 e. The van der Waals surface area contributed by atoms with Gasteiger partial charge in [0.15, 0.2) is 8.32 Å². The Morgan fingerprint density at radius 3 is 2.24 bits per heavy atom. The molecule has 166 valence electrons. The average Bonchev–Trinajstić information content (AvgIpc) is 2.64. The Labute approximate surface area is 180 Å². The lowest BCUT2D eigenvalue weighted by molar-refractivity contribution is -0.162. The van der Waals surface area contributed by atoms with Gasteiger partial charge in [0.2, 0.25) is 0 Å². The molecule has 0 saturated heterocycles. The van der Waals surface area contributed by atoms with Gasteiger partial charge < -0.3 is 4.43 Å². The largest absolute Gasteiger partial charge is 0.413 e. The number of hydroxylamine groups is 2. The van der Waals surface area contributed by atoms with Gasteiger partial charge in [0.05, 0.1) is 13.2 Å². The van der Waals surface area contributed by atoms with Crippen LogP contribution in [0, 0.1) is 11.8 Å². The summed E-state index contributed by atoms with van der Waals surface area (Å²) in [4.78, 5) is 16.7. The molecule has 0 radical (unpaired) electrons. The van der Waals surface area contributed by atoms with Crippen molar-refractivity contribution >= 4 is 14.2 Å². The third-order valence-electron chi connectivity index (χ3n) is 5.61. The molecule has 0 heterocycles. The monoisotopic (exact) mass is 421 g/mol. The minimum Gasteiger partial charge on any atom is -0.413 e. The molecule has 3 atom stereocenters. The molecule has 0 fully saturated rings. The van der Waals surface area contributed by atoms with Gasteiger partial charge in [-0.1, -0.05) is 77.2 Å². The molecule has 0 aliphatic rings. The van der Waals surface area contributed by atoms with E-state index in [9.17, 15) is 4.79 Å². The van der Waals surface area contributed by atoms with Crippen molar-refractivity contribution in [2.45, 2.75) is 72.2 Å². The van der Waals surface area contributed by atoms with Crippen LogP contribution in [0.5, 0.6) is 0 Å². The van der Waals surface area contributed by atoms with Gasteiger partial charge in [-0.05, 0) is 43.3 Å². The molecule has 0 aliphatic heterocycles. The summed E-state index contributed by atoms with van der Waals surface area (Å²) in [6.07, 6.45) is 16.8. The van der Waals surface area contributed by atoms with Crippen molar-refractivity contribution in [3.8, 4) is 0 Å². The van der Waals surface area contributed by atoms with Crippen molar-refractivity contribution in [2.24, 2.45) is 11.8 Å². The zero-order valence-electron chi connectivity index (χ0n) is 20.2. The molecule has 0 rings (SSSR count). The van der Waals surface area contributed by atoms with Crippen LogP contribution in [0.2, 0.25) is 18.1 Å². The molecular formula is C24H43NO3Si. The summed E-state index contributed by atoms with van der Waals surface area (Å²) in [5.41, 5.74) is 0. The molecule has 5 heteroatoms. The molecule has 0 saturated carbocycles. The third-order valence-corrected chi connectivity index (χ3v) is 10.1. The number of nitrogens with zero attached hydrogens (tertiary/aromatic N) is 1. The van der Waals surface area contributed by atoms with E-state index < -0.39 is 8.32 Å². The predicted octanol–water partition coefficient (Wildman–Crippen LogP) is 6.30. The van der Waals surface area contributed by atoms with Gasteiger partial charge >= 0.3 is 0 Å². The van der Waals surface area contributed by atoms with Crippen LogP contribution in [-0.4, -0.2) is 39.5 Å². The molecule has 29 heavy (non-hydrogen) atoms. The van der Waals surface area contributed by atoms with Crippen LogP contribution >= 0.6 is 0 Å². The van der Waals surface area contributed by atoms with Crippen LogP contribution in [0.25, 0.3) is 0 Å². The van der Waals surface area contributed by atoms with Crippen LogP contribution < -0.4 is 0 Å². The van der Waals surface area contributed by atoms with Crippen molar-refractivity contribution < 1.29 is 14.1 Å². The highest BCUT2D eigenvalue weighted by Crippen LogP contribution is 2.39. The molecular weight excluding hydrogens is 378 g/mol. The first-order valence-electron chi connectivity index (χ1n) is 10.5. The number of hydrogen-bond donors (Lipinski definition) is 0. The van der Waals surface area contributed by atoms with Crippen LogP contribution in [0.15, 0.2) is 48.6 Å². The number of rotatable bonds is 11. The molecule has 4 nitrogen and oxygen atoms in total. The fourth-order valence-electron chi connectivity index (χ4n) is 2.56. The number of allylic oxidation sites excluding steroid dienone is 6. The lowest BCUT2D eigenvalue weighted by Gasteiger charge is -2.42. The number of carbonyl (C=O) groups is 1. The van der Waals surface area contributed by atoms with E-state index in [1.165, 1.54) is 18.2 Å². The Morgan fingerprint density at radius 1 is 1.10 bits per heavy atom. The number of likely N-dealkylation sites (N-methyl/N-ethyl adjacent to an activating group) is 1. The topological polar surface area (TPSA) is 38.8 Å². The van der Waals surface area contributed by atoms with E-state index >= 15 is 0 Å². The van der Waals surface area contributed by atoms with Crippen molar-refractivity contribution in [2.75, 3.05) is 14.2 Å². The SMILES string of the molecule is C/C=C/C=C/CC(C)C(O[Si](C)(C)C(C)(C)C)C(C)/C=C/C=C/C(=O)N(C)OC. The van der Waals surface area contributed by atoms with Gasteiger partial charge in [-0.2, -0.15) is 0 Å². The Kier molecular flexibility index (Phi) is 12.3. The zero-order chi connectivity index (χ0) is 22.7. The second kappa shape index (κ2) is 13.0. The highest BCUT2D eigenvalue weighted by atomic mass is 28.4. The molecule has 0 spiro atoms. The lowest BCUT2D eigenvalue weighted by Crippen LogP contribution is -2.47. The fourth-order valence-corrected chi connectivity index (χ4v) is 4.04. The number of carbonyl (C=O) groups excluding carboxylic acids is 1. The van der Waals surface area contributed by atoms with E-state index in [0.29, 0.717) is 5.92 Å². The molecule has 0 aliphatic carbocycles. The summed E-state index contributed by atoms with van der Waals surface area (Å²) >= 11 is 0. The molecule has 3 unspecified atom stereocenters. The van der Waals surface area contributed by atoms with Gasteiger partial charge in [0.25, 0.3) is 5.91 Å². The van der Waals surface area contributed by atoms with E-state index in [1.807, 2.05) is 19.1 Å². The van der Waals surface area contributed by atoms with Crippen LogP contribution in [0.1, 0.15) is 48.0 Å². The molecule has 1 amide bonds. The van der Waals surface area contributed by atoms with E-state index in [-0.39, 0.29) is 23.0 Å². The lowest BCUT2D eigenvalue weighted by atomic mass is 9.90. The van der Waals surface area contributed by atoms with Gasteiger partial charge in [0, 0.05) is 13.1 Å². The van der Waals surface area contributed by atoms with Crippen LogP contribution in [0.4, 0.5) is 0 Å². The summed E-state index contributed by atoms with van der Waals surface area (Å²) in [5, 5.41) is 1.35. The maximum absolute atomic E-state index is 11.8. The molecule has 0 aromatic carbocycles. The average molecular weight is 422 g/mol. The Balaban J connectivity index is 5.37. The molecule has 0 aromatic rings. The third kappa shape index (κ3) is 10.2. The van der Waals surface area contributed by atoms with Crippen molar-refractivity contribution in [3.05, 3.63) is 48.6 Å². The fraction of sp³-hybridized carbons (Fsp3) is 0.625. The zero-order valence-corrected chi connectivity index (χ0v) is 21.2. The summed E-state index contributed by atoms with van der Waals surface area (Å²) in [5.74, 6) is 0.422. The molecule has 0 bridgehead atoms. The highest BCUT2D eigenvalue weighted by molar-refractivity contribution is 6.74. The minimum atomic E-state index is -1.90. The van der Waals surface area contributed by atoms with Gasteiger partial charge in [-0.15, -0.1) is 0 Å². The predicted molar refractivity (Wildman–Crippen MR) is 127 cm³/mol. The van der Waals surface area contributed by atoms with E-state index in [1.54, 1.807) is 13.1 Å². The van der Waals surface area contributed by atoms with E-state index in [2.05, 4.69) is 72.0 Å². The van der Waals surface area contributed by atoms with Gasteiger partial charge in [-0.3, -0.25) is 9.63 Å². The van der Waals surface area contributed by atoms with Crippen molar-refractivity contribution in [3.63, 3.8) is 0 Å². The van der Waals surface area contributed by atoms with Crippen molar-refractivity contribution in [1.29, 1.82) is 0 Å². The minimum absolute atomic E-state index is 0.119. The summed E-state index contributed by atoms with van der Waals surface area (Å²) in [6.45, 7) is 17.9.